The maximum atomic E-state index is 12.5. The summed E-state index contributed by atoms with van der Waals surface area (Å²) in [6, 6.07) is 5.89. The first kappa shape index (κ1) is 20.8. The van der Waals surface area contributed by atoms with Gasteiger partial charge in [0.1, 0.15) is 5.60 Å². The van der Waals surface area contributed by atoms with Gasteiger partial charge in [0, 0.05) is 24.1 Å². The second kappa shape index (κ2) is 8.02. The Kier molecular flexibility index (Phi) is 5.57. The van der Waals surface area contributed by atoms with E-state index in [2.05, 4.69) is 16.9 Å². The van der Waals surface area contributed by atoms with Crippen LogP contribution in [0.25, 0.3) is 5.70 Å². The van der Waals surface area contributed by atoms with Crippen molar-refractivity contribution >= 4 is 11.7 Å². The third-order valence-corrected chi connectivity index (χ3v) is 5.87. The lowest BCUT2D eigenvalue weighted by molar-refractivity contribution is -0.0246. The van der Waals surface area contributed by atoms with Crippen LogP contribution in [0.5, 0.6) is 11.5 Å². The summed E-state index contributed by atoms with van der Waals surface area (Å²) in [5.74, 6) is 1.51. The van der Waals surface area contributed by atoms with E-state index in [9.17, 15) is 4.79 Å². The number of carbonyl (C=O) groups is 1. The van der Waals surface area contributed by atoms with Crippen LogP contribution in [0.1, 0.15) is 58.4 Å². The average Bonchev–Trinajstić information content (AvgIpc) is 3.43. The number of amides is 2. The smallest absolute Gasteiger partial charge is 0.317 e. The Balaban J connectivity index is 1.49. The van der Waals surface area contributed by atoms with E-state index in [0.29, 0.717) is 13.1 Å². The molecule has 3 aliphatic rings. The van der Waals surface area contributed by atoms with Gasteiger partial charge >= 0.3 is 6.03 Å². The normalized spacial score (nSPS) is 24.1. The van der Waals surface area contributed by atoms with Gasteiger partial charge < -0.3 is 19.7 Å². The van der Waals surface area contributed by atoms with Gasteiger partial charge in [0.25, 0.3) is 0 Å². The molecule has 7 nitrogen and oxygen atoms in total. The highest BCUT2D eigenvalue weighted by atomic mass is 16.7. The predicted molar refractivity (Wildman–Crippen MR) is 115 cm³/mol. The molecule has 1 spiro atoms. The van der Waals surface area contributed by atoms with Crippen molar-refractivity contribution in [2.45, 2.75) is 70.1 Å². The number of urea groups is 1. The zero-order valence-electron chi connectivity index (χ0n) is 18.4. The van der Waals surface area contributed by atoms with Crippen LogP contribution in [0, 0.1) is 0 Å². The molecule has 1 saturated carbocycles. The van der Waals surface area contributed by atoms with Gasteiger partial charge in [0.2, 0.25) is 0 Å². The van der Waals surface area contributed by atoms with Gasteiger partial charge in [-0.25, -0.2) is 4.79 Å². The number of rotatable bonds is 4. The van der Waals surface area contributed by atoms with Gasteiger partial charge in [-0.15, -0.1) is 0 Å². The van der Waals surface area contributed by atoms with E-state index in [1.165, 1.54) is 12.8 Å². The second-order valence-electron chi connectivity index (χ2n) is 9.57. The number of nitrogens with zero attached hydrogens (tertiary/aromatic N) is 1. The molecule has 2 amide bonds. The van der Waals surface area contributed by atoms with E-state index in [0.717, 1.165) is 42.0 Å². The molecular weight excluding hydrogens is 382 g/mol. The highest BCUT2D eigenvalue weighted by Crippen LogP contribution is 2.38. The number of benzene rings is 1. The molecule has 4 rings (SSSR count). The molecule has 0 radical (unpaired) electrons. The lowest BCUT2D eigenvalue weighted by Gasteiger charge is -2.26. The van der Waals surface area contributed by atoms with Crippen molar-refractivity contribution in [3.05, 3.63) is 29.8 Å². The lowest BCUT2D eigenvalue weighted by atomic mass is 10.0. The minimum Gasteiger partial charge on any atom is -0.493 e. The lowest BCUT2D eigenvalue weighted by Crippen LogP contribution is -2.48. The molecule has 1 unspecified atom stereocenters. The van der Waals surface area contributed by atoms with Crippen LogP contribution in [-0.2, 0) is 4.84 Å². The first-order valence-corrected chi connectivity index (χ1v) is 10.9. The number of hydroxylamine groups is 1. The van der Waals surface area contributed by atoms with Crippen molar-refractivity contribution in [2.24, 2.45) is 0 Å². The summed E-state index contributed by atoms with van der Waals surface area (Å²) in [5, 5.41) is 3.02. The molecule has 1 aliphatic carbocycles. The Morgan fingerprint density at radius 1 is 1.27 bits per heavy atom. The van der Waals surface area contributed by atoms with E-state index in [1.807, 2.05) is 43.9 Å². The van der Waals surface area contributed by atoms with E-state index in [4.69, 9.17) is 14.3 Å². The van der Waals surface area contributed by atoms with Crippen molar-refractivity contribution in [2.75, 3.05) is 20.2 Å². The third kappa shape index (κ3) is 4.51. The number of hydrogen-bond acceptors (Lipinski definition) is 5. The summed E-state index contributed by atoms with van der Waals surface area (Å²) in [7, 11) is 1.66. The molecule has 2 fully saturated rings. The molecule has 30 heavy (non-hydrogen) atoms. The molecule has 0 bridgehead atoms. The highest BCUT2D eigenvalue weighted by Gasteiger charge is 2.44. The fraction of sp³-hybridized carbons (Fsp3) is 0.609. The van der Waals surface area contributed by atoms with Crippen LogP contribution >= 0.6 is 0 Å². The van der Waals surface area contributed by atoms with Crippen molar-refractivity contribution in [3.63, 3.8) is 0 Å². The number of carbonyl (C=O) groups excluding carboxylic acids is 1. The van der Waals surface area contributed by atoms with E-state index in [-0.39, 0.29) is 17.7 Å². The molecule has 1 atom stereocenters. The molecule has 2 aliphatic heterocycles. The number of nitrogens with one attached hydrogen (secondary N) is 2. The maximum absolute atomic E-state index is 12.5. The molecule has 1 aromatic rings. The fourth-order valence-electron chi connectivity index (χ4n) is 4.32. The van der Waals surface area contributed by atoms with Gasteiger partial charge in [-0.3, -0.25) is 10.3 Å². The van der Waals surface area contributed by atoms with Gasteiger partial charge in [0.05, 0.1) is 25.5 Å². The van der Waals surface area contributed by atoms with Gasteiger partial charge in [-0.05, 0) is 70.7 Å². The highest BCUT2D eigenvalue weighted by molar-refractivity contribution is 5.76. The summed E-state index contributed by atoms with van der Waals surface area (Å²) >= 11 is 0. The van der Waals surface area contributed by atoms with Gasteiger partial charge in [-0.1, -0.05) is 0 Å². The first-order valence-electron chi connectivity index (χ1n) is 10.9. The quantitative estimate of drug-likeness (QED) is 0.782. The molecular formula is C23H33N3O4. The molecule has 0 aromatic heterocycles. The Morgan fingerprint density at radius 3 is 2.73 bits per heavy atom. The Bertz CT molecular complexity index is 826. The molecule has 2 N–H and O–H groups in total. The van der Waals surface area contributed by atoms with E-state index < -0.39 is 5.60 Å². The van der Waals surface area contributed by atoms with Crippen molar-refractivity contribution < 1.29 is 19.1 Å². The number of likely N-dealkylation sites (tertiary alicyclic amines) is 1. The van der Waals surface area contributed by atoms with Crippen LogP contribution in [0.4, 0.5) is 4.79 Å². The number of hydrogen-bond donors (Lipinski definition) is 2. The van der Waals surface area contributed by atoms with Crippen LogP contribution in [0.3, 0.4) is 0 Å². The van der Waals surface area contributed by atoms with E-state index in [1.54, 1.807) is 7.11 Å². The standard InChI is InChI=1S/C23H33N3O4/c1-22(2,3)24-21(27)26-12-11-23(15-26)14-18(25-30-23)16-9-10-19(28-4)20(13-16)29-17-7-5-6-8-17/h9-10,13-14,17,25H,5-8,11-12,15H2,1-4H3,(H,24,27). The first-order chi connectivity index (χ1) is 14.3. The second-order valence-corrected chi connectivity index (χ2v) is 9.57. The summed E-state index contributed by atoms with van der Waals surface area (Å²) in [6.07, 6.45) is 7.72. The summed E-state index contributed by atoms with van der Waals surface area (Å²) in [4.78, 5) is 20.3. The fourth-order valence-corrected chi connectivity index (χ4v) is 4.32. The molecule has 2 heterocycles. The average molecular weight is 416 g/mol. The topological polar surface area (TPSA) is 72.1 Å². The minimum absolute atomic E-state index is 0.0541. The van der Waals surface area contributed by atoms with Crippen LogP contribution in [0.15, 0.2) is 24.3 Å². The maximum Gasteiger partial charge on any atom is 0.317 e. The zero-order chi connectivity index (χ0) is 21.4. The van der Waals surface area contributed by atoms with Crippen LogP contribution < -0.4 is 20.3 Å². The summed E-state index contributed by atoms with van der Waals surface area (Å²) in [6.45, 7) is 7.13. The Morgan fingerprint density at radius 2 is 2.03 bits per heavy atom. The molecule has 1 aromatic carbocycles. The van der Waals surface area contributed by atoms with Gasteiger partial charge in [-0.2, -0.15) is 0 Å². The van der Waals surface area contributed by atoms with Gasteiger partial charge in [0.15, 0.2) is 11.5 Å². The van der Waals surface area contributed by atoms with Crippen molar-refractivity contribution in [3.8, 4) is 11.5 Å². The molecule has 164 valence electrons. The number of methoxy groups -OCH3 is 1. The third-order valence-electron chi connectivity index (χ3n) is 5.87. The van der Waals surface area contributed by atoms with Crippen molar-refractivity contribution in [1.29, 1.82) is 0 Å². The van der Waals surface area contributed by atoms with E-state index >= 15 is 0 Å². The van der Waals surface area contributed by atoms with Crippen LogP contribution in [0.2, 0.25) is 0 Å². The largest absolute Gasteiger partial charge is 0.493 e. The Labute approximate surface area is 178 Å². The van der Waals surface area contributed by atoms with Crippen molar-refractivity contribution in [1.82, 2.24) is 15.7 Å². The zero-order valence-corrected chi connectivity index (χ0v) is 18.4. The molecule has 1 saturated heterocycles. The SMILES string of the molecule is COc1ccc(C2=CC3(CCN(C(=O)NC(C)(C)C)C3)ON2)cc1OC1CCCC1. The van der Waals surface area contributed by atoms with Crippen LogP contribution in [-0.4, -0.2) is 48.4 Å². The predicted octanol–water partition coefficient (Wildman–Crippen LogP) is 3.84. The monoisotopic (exact) mass is 415 g/mol. The summed E-state index contributed by atoms with van der Waals surface area (Å²) < 4.78 is 11.7. The number of ether oxygens (including phenoxy) is 2. The Hall–Kier alpha value is -2.41. The summed E-state index contributed by atoms with van der Waals surface area (Å²) in [5.41, 5.74) is 4.19. The minimum atomic E-state index is -0.503. The molecule has 7 heteroatoms.